The van der Waals surface area contributed by atoms with E-state index in [9.17, 15) is 4.79 Å². The van der Waals surface area contributed by atoms with Gasteiger partial charge in [-0.25, -0.2) is 4.98 Å². The number of carbonyl (C=O) groups is 1. The molecule has 7 nitrogen and oxygen atoms in total. The Morgan fingerprint density at radius 3 is 2.76 bits per heavy atom. The molecule has 2 aromatic rings. The molecule has 1 aromatic carbocycles. The normalized spacial score (nSPS) is 15.2. The number of nitrogens with zero attached hydrogens (tertiary/aromatic N) is 3. The number of imidazole rings is 1. The summed E-state index contributed by atoms with van der Waals surface area (Å²) in [5.74, 6) is 0.922. The average molecular weight is 400 g/mol. The standard InChI is InChI=1S/C22H33N5O2/c1-3-4-6-13-27-20-18(25-22(27)24-2)15-17(21(23)28)16-19(20)29-14-9-12-26-10-7-5-8-11-26/h4,6,15-16H,3,5,7-14H2,1-2H3,(H2,23,28)(H,24,25)/b6-4+. The summed E-state index contributed by atoms with van der Waals surface area (Å²) in [6.45, 7) is 6.79. The number of hydrogen-bond donors (Lipinski definition) is 2. The van der Waals surface area contributed by atoms with E-state index in [1.807, 2.05) is 7.05 Å². The van der Waals surface area contributed by atoms with E-state index in [2.05, 4.69) is 38.8 Å². The number of benzene rings is 1. The zero-order chi connectivity index (χ0) is 20.6. The molecule has 1 aliphatic heterocycles. The lowest BCUT2D eigenvalue weighted by molar-refractivity contribution is 0.1000. The van der Waals surface area contributed by atoms with Crippen LogP contribution < -0.4 is 15.8 Å². The Bertz CT molecular complexity index is 852. The number of amides is 1. The Balaban J connectivity index is 1.82. The molecular weight excluding hydrogens is 366 g/mol. The van der Waals surface area contributed by atoms with E-state index < -0.39 is 5.91 Å². The fourth-order valence-corrected chi connectivity index (χ4v) is 3.85. The number of fused-ring (bicyclic) bond motifs is 1. The Labute approximate surface area is 172 Å². The van der Waals surface area contributed by atoms with Crippen molar-refractivity contribution in [3.8, 4) is 5.75 Å². The molecule has 1 fully saturated rings. The van der Waals surface area contributed by atoms with Crippen LogP contribution >= 0.6 is 0 Å². The van der Waals surface area contributed by atoms with Crippen molar-refractivity contribution in [3.05, 3.63) is 29.8 Å². The number of hydrogen-bond acceptors (Lipinski definition) is 5. The van der Waals surface area contributed by atoms with Crippen LogP contribution in [0.3, 0.4) is 0 Å². The van der Waals surface area contributed by atoms with Crippen LogP contribution in [0.25, 0.3) is 11.0 Å². The third-order valence-electron chi connectivity index (χ3n) is 5.33. The van der Waals surface area contributed by atoms with Crippen LogP contribution in [0.5, 0.6) is 5.75 Å². The maximum Gasteiger partial charge on any atom is 0.248 e. The van der Waals surface area contributed by atoms with Crippen molar-refractivity contribution >= 4 is 22.9 Å². The van der Waals surface area contributed by atoms with Gasteiger partial charge in [0, 0.05) is 25.7 Å². The number of ether oxygens (including phenoxy) is 1. The lowest BCUT2D eigenvalue weighted by Gasteiger charge is -2.26. The van der Waals surface area contributed by atoms with Gasteiger partial charge in [-0.05, 0) is 50.9 Å². The van der Waals surface area contributed by atoms with Crippen LogP contribution in [0.15, 0.2) is 24.3 Å². The second-order valence-electron chi connectivity index (χ2n) is 7.49. The Hall–Kier alpha value is -2.54. The van der Waals surface area contributed by atoms with Gasteiger partial charge in [0.2, 0.25) is 11.9 Å². The first-order chi connectivity index (χ1) is 14.1. The smallest absolute Gasteiger partial charge is 0.248 e. The molecule has 2 heterocycles. The summed E-state index contributed by atoms with van der Waals surface area (Å²) in [5.41, 5.74) is 7.55. The number of carbonyl (C=O) groups excluding carboxylic acids is 1. The van der Waals surface area contributed by atoms with E-state index in [-0.39, 0.29) is 0 Å². The summed E-state index contributed by atoms with van der Waals surface area (Å²) in [6, 6.07) is 3.48. The van der Waals surface area contributed by atoms with Gasteiger partial charge in [0.25, 0.3) is 0 Å². The monoisotopic (exact) mass is 399 g/mol. The van der Waals surface area contributed by atoms with Gasteiger partial charge in [0.1, 0.15) is 11.3 Å². The summed E-state index contributed by atoms with van der Waals surface area (Å²) in [6.07, 6.45) is 10.1. The fraction of sp³-hybridized carbons (Fsp3) is 0.545. The summed E-state index contributed by atoms with van der Waals surface area (Å²) in [7, 11) is 1.84. The molecule has 1 saturated heterocycles. The van der Waals surface area contributed by atoms with E-state index in [1.165, 1.54) is 32.4 Å². The Morgan fingerprint density at radius 2 is 2.07 bits per heavy atom. The minimum atomic E-state index is -0.475. The van der Waals surface area contributed by atoms with Crippen LogP contribution in [0, 0.1) is 0 Å². The van der Waals surface area contributed by atoms with Crippen molar-refractivity contribution in [2.75, 3.05) is 38.6 Å². The number of likely N-dealkylation sites (tertiary alicyclic amines) is 1. The first kappa shape index (κ1) is 21.2. The molecule has 1 amide bonds. The fourth-order valence-electron chi connectivity index (χ4n) is 3.85. The molecule has 158 valence electrons. The first-order valence-electron chi connectivity index (χ1n) is 10.7. The number of piperidine rings is 1. The molecule has 0 atom stereocenters. The minimum absolute atomic E-state index is 0.417. The van der Waals surface area contributed by atoms with Crippen molar-refractivity contribution in [3.63, 3.8) is 0 Å². The highest BCUT2D eigenvalue weighted by molar-refractivity contribution is 5.98. The zero-order valence-corrected chi connectivity index (χ0v) is 17.6. The topological polar surface area (TPSA) is 85.4 Å². The maximum atomic E-state index is 11.8. The summed E-state index contributed by atoms with van der Waals surface area (Å²) in [4.78, 5) is 18.9. The highest BCUT2D eigenvalue weighted by Gasteiger charge is 2.17. The summed E-state index contributed by atoms with van der Waals surface area (Å²) >= 11 is 0. The van der Waals surface area contributed by atoms with Gasteiger partial charge in [-0.2, -0.15) is 0 Å². The molecule has 0 spiro atoms. The number of primary amides is 1. The molecule has 0 radical (unpaired) electrons. The Morgan fingerprint density at radius 1 is 1.28 bits per heavy atom. The molecule has 0 aliphatic carbocycles. The third kappa shape index (κ3) is 5.29. The molecule has 29 heavy (non-hydrogen) atoms. The van der Waals surface area contributed by atoms with E-state index in [4.69, 9.17) is 10.5 Å². The number of nitrogens with one attached hydrogen (secondary N) is 1. The molecule has 0 bridgehead atoms. The van der Waals surface area contributed by atoms with Crippen LogP contribution in [-0.2, 0) is 6.54 Å². The van der Waals surface area contributed by atoms with Crippen LogP contribution in [0.2, 0.25) is 0 Å². The highest BCUT2D eigenvalue weighted by atomic mass is 16.5. The Kier molecular flexibility index (Phi) is 7.52. The van der Waals surface area contributed by atoms with Gasteiger partial charge < -0.3 is 25.3 Å². The second kappa shape index (κ2) is 10.3. The molecule has 3 rings (SSSR count). The first-order valence-corrected chi connectivity index (χ1v) is 10.7. The van der Waals surface area contributed by atoms with Crippen molar-refractivity contribution in [1.29, 1.82) is 0 Å². The largest absolute Gasteiger partial charge is 0.491 e. The average Bonchev–Trinajstić information content (AvgIpc) is 3.10. The number of aromatic nitrogens is 2. The van der Waals surface area contributed by atoms with Crippen LogP contribution in [-0.4, -0.2) is 53.6 Å². The van der Waals surface area contributed by atoms with Crippen molar-refractivity contribution in [2.24, 2.45) is 5.73 Å². The van der Waals surface area contributed by atoms with Crippen molar-refractivity contribution < 1.29 is 9.53 Å². The van der Waals surface area contributed by atoms with Gasteiger partial charge in [-0.15, -0.1) is 0 Å². The SMILES string of the molecule is CC/C=C/Cn1c(NC)nc2cc(C(N)=O)cc(OCCCN3CCCCC3)c21. The number of anilines is 1. The van der Waals surface area contributed by atoms with E-state index >= 15 is 0 Å². The van der Waals surface area contributed by atoms with Crippen molar-refractivity contribution in [1.82, 2.24) is 14.5 Å². The molecule has 7 heteroatoms. The van der Waals surface area contributed by atoms with E-state index in [0.29, 0.717) is 30.0 Å². The quantitative estimate of drug-likeness (QED) is 0.472. The second-order valence-corrected chi connectivity index (χ2v) is 7.49. The van der Waals surface area contributed by atoms with Gasteiger partial charge in [-0.1, -0.05) is 25.5 Å². The van der Waals surface area contributed by atoms with E-state index in [1.54, 1.807) is 12.1 Å². The maximum absolute atomic E-state index is 11.8. The lowest BCUT2D eigenvalue weighted by Crippen LogP contribution is -2.31. The third-order valence-corrected chi connectivity index (χ3v) is 5.33. The number of nitrogens with two attached hydrogens (primary N) is 1. The van der Waals surface area contributed by atoms with Gasteiger partial charge in [-0.3, -0.25) is 4.79 Å². The van der Waals surface area contributed by atoms with Gasteiger partial charge in [0.05, 0.1) is 12.1 Å². The molecule has 3 N–H and O–H groups in total. The number of allylic oxidation sites excluding steroid dienone is 2. The van der Waals surface area contributed by atoms with Crippen LogP contribution in [0.1, 0.15) is 49.4 Å². The van der Waals surface area contributed by atoms with Gasteiger partial charge in [0.15, 0.2) is 0 Å². The molecule has 1 aromatic heterocycles. The molecule has 0 saturated carbocycles. The van der Waals surface area contributed by atoms with Gasteiger partial charge >= 0.3 is 0 Å². The van der Waals surface area contributed by atoms with Crippen LogP contribution in [0.4, 0.5) is 5.95 Å². The van der Waals surface area contributed by atoms with Crippen molar-refractivity contribution in [2.45, 2.75) is 45.6 Å². The highest BCUT2D eigenvalue weighted by Crippen LogP contribution is 2.31. The zero-order valence-electron chi connectivity index (χ0n) is 17.6. The number of rotatable bonds is 10. The minimum Gasteiger partial charge on any atom is -0.491 e. The predicted octanol–water partition coefficient (Wildman–Crippen LogP) is 3.40. The molecule has 0 unspecified atom stereocenters. The van der Waals surface area contributed by atoms with E-state index in [0.717, 1.165) is 30.9 Å². The summed E-state index contributed by atoms with van der Waals surface area (Å²) in [5, 5.41) is 3.14. The molecule has 1 aliphatic rings. The summed E-state index contributed by atoms with van der Waals surface area (Å²) < 4.78 is 8.23. The molecular formula is C22H33N5O2. The predicted molar refractivity (Wildman–Crippen MR) is 118 cm³/mol. The lowest BCUT2D eigenvalue weighted by atomic mass is 10.1.